The molecule has 1 nitrogen and oxygen atoms in total. The fourth-order valence-corrected chi connectivity index (χ4v) is 0.854. The molecule has 0 radical (unpaired) electrons. The van der Waals surface area contributed by atoms with Crippen molar-refractivity contribution in [2.24, 2.45) is 4.99 Å². The van der Waals surface area contributed by atoms with Crippen molar-refractivity contribution >= 4 is 6.21 Å². The largest absolute Gasteiger partial charge is 0.271 e. The van der Waals surface area contributed by atoms with Crippen LogP contribution in [0.15, 0.2) is 34.1 Å². The van der Waals surface area contributed by atoms with Crippen LogP contribution in [0.4, 0.5) is 8.78 Å². The SMILES string of the molecule is CC=C=C(C)N=C/C(=C\C)C(C)(F)F. The van der Waals surface area contributed by atoms with Crippen molar-refractivity contribution in [3.8, 4) is 0 Å². The molecule has 0 aliphatic heterocycles. The summed E-state index contributed by atoms with van der Waals surface area (Å²) in [6, 6.07) is 0. The molecule has 0 spiro atoms. The monoisotopic (exact) mass is 199 g/mol. The number of allylic oxidation sites excluding steroid dienone is 3. The van der Waals surface area contributed by atoms with Crippen LogP contribution in [0.1, 0.15) is 27.7 Å². The van der Waals surface area contributed by atoms with E-state index >= 15 is 0 Å². The number of alkyl halides is 2. The third-order valence-corrected chi connectivity index (χ3v) is 1.57. The van der Waals surface area contributed by atoms with Crippen LogP contribution in [-0.4, -0.2) is 12.1 Å². The lowest BCUT2D eigenvalue weighted by atomic mass is 10.1. The molecule has 0 amide bonds. The molecular weight excluding hydrogens is 184 g/mol. The summed E-state index contributed by atoms with van der Waals surface area (Å²) >= 11 is 0. The molecule has 0 saturated heterocycles. The molecule has 0 heterocycles. The summed E-state index contributed by atoms with van der Waals surface area (Å²) in [6.07, 6.45) is 4.21. The molecule has 3 heteroatoms. The van der Waals surface area contributed by atoms with E-state index in [9.17, 15) is 8.78 Å². The van der Waals surface area contributed by atoms with Gasteiger partial charge in [0.1, 0.15) is 0 Å². The van der Waals surface area contributed by atoms with Crippen LogP contribution in [0.25, 0.3) is 0 Å². The van der Waals surface area contributed by atoms with Crippen molar-refractivity contribution in [2.75, 3.05) is 0 Å². The summed E-state index contributed by atoms with van der Waals surface area (Å²) < 4.78 is 25.7. The Hall–Kier alpha value is -1.21. The van der Waals surface area contributed by atoms with Gasteiger partial charge >= 0.3 is 0 Å². The molecular formula is C11H15F2N. The second kappa shape index (κ2) is 5.51. The Balaban J connectivity index is 4.76. The molecule has 0 fully saturated rings. The van der Waals surface area contributed by atoms with Gasteiger partial charge in [-0.15, -0.1) is 5.73 Å². The first-order valence-corrected chi connectivity index (χ1v) is 4.38. The Labute approximate surface area is 83.5 Å². The van der Waals surface area contributed by atoms with Gasteiger partial charge in [0.2, 0.25) is 0 Å². The molecule has 0 rings (SSSR count). The summed E-state index contributed by atoms with van der Waals surface area (Å²) in [5.74, 6) is -2.84. The van der Waals surface area contributed by atoms with Crippen LogP contribution < -0.4 is 0 Å². The van der Waals surface area contributed by atoms with Crippen LogP contribution in [-0.2, 0) is 0 Å². The van der Waals surface area contributed by atoms with Gasteiger partial charge in [0, 0.05) is 18.7 Å². The number of rotatable bonds is 3. The predicted molar refractivity (Wildman–Crippen MR) is 55.8 cm³/mol. The highest BCUT2D eigenvalue weighted by Gasteiger charge is 2.24. The fraction of sp³-hybridized carbons (Fsp3) is 0.455. The number of hydrogen-bond donors (Lipinski definition) is 0. The normalized spacial score (nSPS) is 12.9. The number of nitrogens with zero attached hydrogens (tertiary/aromatic N) is 1. The van der Waals surface area contributed by atoms with Crippen LogP contribution in [0.5, 0.6) is 0 Å². The zero-order valence-electron chi connectivity index (χ0n) is 8.94. The van der Waals surface area contributed by atoms with E-state index in [2.05, 4.69) is 10.7 Å². The van der Waals surface area contributed by atoms with Crippen molar-refractivity contribution < 1.29 is 8.78 Å². The molecule has 0 aromatic rings. The van der Waals surface area contributed by atoms with Gasteiger partial charge in [0.05, 0.1) is 5.70 Å². The summed E-state index contributed by atoms with van der Waals surface area (Å²) in [5.41, 5.74) is 3.29. The van der Waals surface area contributed by atoms with E-state index in [1.54, 1.807) is 26.8 Å². The average Bonchev–Trinajstić information content (AvgIpc) is 2.03. The fourth-order valence-electron chi connectivity index (χ4n) is 0.854. The van der Waals surface area contributed by atoms with Gasteiger partial charge < -0.3 is 0 Å². The van der Waals surface area contributed by atoms with Crippen LogP contribution in [0.2, 0.25) is 0 Å². The molecule has 0 aromatic carbocycles. The van der Waals surface area contributed by atoms with Gasteiger partial charge in [0.25, 0.3) is 5.92 Å². The molecule has 0 aliphatic rings. The second-order valence-electron chi connectivity index (χ2n) is 2.91. The van der Waals surface area contributed by atoms with Crippen LogP contribution in [0.3, 0.4) is 0 Å². The maximum atomic E-state index is 12.8. The lowest BCUT2D eigenvalue weighted by molar-refractivity contribution is 0.0705. The van der Waals surface area contributed by atoms with Gasteiger partial charge in [-0.3, -0.25) is 4.99 Å². The topological polar surface area (TPSA) is 12.4 Å². The molecule has 78 valence electrons. The first-order chi connectivity index (χ1) is 6.41. The van der Waals surface area contributed by atoms with Crippen LogP contribution >= 0.6 is 0 Å². The Morgan fingerprint density at radius 2 is 1.93 bits per heavy atom. The van der Waals surface area contributed by atoms with Crippen molar-refractivity contribution in [3.63, 3.8) is 0 Å². The van der Waals surface area contributed by atoms with E-state index in [0.717, 1.165) is 6.92 Å². The highest BCUT2D eigenvalue weighted by molar-refractivity contribution is 5.81. The number of halogens is 2. The van der Waals surface area contributed by atoms with E-state index in [0.29, 0.717) is 5.70 Å². The highest BCUT2D eigenvalue weighted by Crippen LogP contribution is 2.21. The van der Waals surface area contributed by atoms with E-state index < -0.39 is 5.92 Å². The summed E-state index contributed by atoms with van der Waals surface area (Å²) in [6.45, 7) is 5.91. The second-order valence-corrected chi connectivity index (χ2v) is 2.91. The Morgan fingerprint density at radius 3 is 2.29 bits per heavy atom. The lowest BCUT2D eigenvalue weighted by Crippen LogP contribution is -2.14. The Kier molecular flexibility index (Phi) is 5.03. The zero-order valence-corrected chi connectivity index (χ0v) is 8.94. The predicted octanol–water partition coefficient (Wildman–Crippen LogP) is 3.74. The quantitative estimate of drug-likeness (QED) is 0.485. The third-order valence-electron chi connectivity index (χ3n) is 1.57. The summed E-state index contributed by atoms with van der Waals surface area (Å²) in [7, 11) is 0. The number of aliphatic imine (C=N–C) groups is 1. The van der Waals surface area contributed by atoms with Gasteiger partial charge in [-0.2, -0.15) is 0 Å². The molecule has 0 N–H and O–H groups in total. The molecule has 0 saturated carbocycles. The molecule has 0 aliphatic carbocycles. The maximum Gasteiger partial charge on any atom is 0.271 e. The zero-order chi connectivity index (χ0) is 11.2. The maximum absolute atomic E-state index is 12.8. The highest BCUT2D eigenvalue weighted by atomic mass is 19.3. The van der Waals surface area contributed by atoms with E-state index in [1.165, 1.54) is 12.3 Å². The molecule has 0 unspecified atom stereocenters. The third kappa shape index (κ3) is 4.73. The number of hydrogen-bond acceptors (Lipinski definition) is 1. The van der Waals surface area contributed by atoms with E-state index in [1.807, 2.05) is 0 Å². The lowest BCUT2D eigenvalue weighted by Gasteiger charge is -2.09. The Bertz CT molecular complexity index is 300. The van der Waals surface area contributed by atoms with Crippen molar-refractivity contribution in [3.05, 3.63) is 29.2 Å². The molecule has 0 bridgehead atoms. The van der Waals surface area contributed by atoms with E-state index in [-0.39, 0.29) is 5.57 Å². The summed E-state index contributed by atoms with van der Waals surface area (Å²) in [4.78, 5) is 3.85. The summed E-state index contributed by atoms with van der Waals surface area (Å²) in [5, 5.41) is 0. The first-order valence-electron chi connectivity index (χ1n) is 4.38. The Morgan fingerprint density at radius 1 is 1.36 bits per heavy atom. The van der Waals surface area contributed by atoms with Crippen LogP contribution in [0, 0.1) is 0 Å². The minimum absolute atomic E-state index is 0.0882. The van der Waals surface area contributed by atoms with Gasteiger partial charge in [-0.05, 0) is 26.8 Å². The van der Waals surface area contributed by atoms with Gasteiger partial charge in [-0.1, -0.05) is 6.08 Å². The molecule has 0 aromatic heterocycles. The van der Waals surface area contributed by atoms with Crippen molar-refractivity contribution in [1.82, 2.24) is 0 Å². The average molecular weight is 199 g/mol. The molecule has 0 atom stereocenters. The smallest absolute Gasteiger partial charge is 0.253 e. The van der Waals surface area contributed by atoms with Gasteiger partial charge in [0.15, 0.2) is 0 Å². The minimum atomic E-state index is -2.84. The first kappa shape index (κ1) is 12.8. The van der Waals surface area contributed by atoms with E-state index in [4.69, 9.17) is 0 Å². The van der Waals surface area contributed by atoms with Gasteiger partial charge in [-0.25, -0.2) is 8.78 Å². The minimum Gasteiger partial charge on any atom is -0.253 e. The standard InChI is InChI=1S/C11H15F2N/c1-5-7-9(3)14-8-10(6-2)11(4,12)13/h5-6,8H,1-4H3/b10-6+,14-8?. The van der Waals surface area contributed by atoms with Crippen molar-refractivity contribution in [1.29, 1.82) is 0 Å². The van der Waals surface area contributed by atoms with Crippen molar-refractivity contribution in [2.45, 2.75) is 33.6 Å². The molecule has 14 heavy (non-hydrogen) atoms.